The SMILES string of the molecule is C/C(=C\C(C(C)C)N(C)C(=O)C(NC=O)C(C)C)C(=O)O. The van der Waals surface area contributed by atoms with Crippen molar-refractivity contribution in [2.24, 2.45) is 11.8 Å². The van der Waals surface area contributed by atoms with E-state index in [0.29, 0.717) is 6.41 Å². The van der Waals surface area contributed by atoms with Crippen LogP contribution in [0.4, 0.5) is 0 Å². The molecule has 120 valence electrons. The summed E-state index contributed by atoms with van der Waals surface area (Å²) in [5.74, 6) is -1.24. The number of nitrogens with one attached hydrogen (secondary N) is 1. The number of carboxylic acids is 1. The Bertz CT molecular complexity index is 416. The maximum atomic E-state index is 12.5. The van der Waals surface area contributed by atoms with Gasteiger partial charge in [-0.3, -0.25) is 9.59 Å². The molecule has 0 heterocycles. The maximum Gasteiger partial charge on any atom is 0.331 e. The molecule has 0 rings (SSSR count). The third-order valence-electron chi connectivity index (χ3n) is 3.42. The largest absolute Gasteiger partial charge is 0.478 e. The number of aliphatic carboxylic acids is 1. The van der Waals surface area contributed by atoms with Crippen LogP contribution in [-0.2, 0) is 14.4 Å². The Hall–Kier alpha value is -1.85. The first-order valence-electron chi connectivity index (χ1n) is 7.01. The minimum absolute atomic E-state index is 0.0530. The van der Waals surface area contributed by atoms with E-state index >= 15 is 0 Å². The van der Waals surface area contributed by atoms with Gasteiger partial charge in [0.15, 0.2) is 0 Å². The minimum Gasteiger partial charge on any atom is -0.478 e. The Labute approximate surface area is 126 Å². The first-order valence-corrected chi connectivity index (χ1v) is 7.01. The molecule has 0 aliphatic rings. The number of hydrogen-bond donors (Lipinski definition) is 2. The molecule has 0 saturated carbocycles. The molecule has 0 aliphatic carbocycles. The summed E-state index contributed by atoms with van der Waals surface area (Å²) in [6.07, 6.45) is 2.09. The molecule has 2 unspecified atom stereocenters. The Morgan fingerprint density at radius 2 is 1.67 bits per heavy atom. The molecule has 0 aromatic carbocycles. The zero-order chi connectivity index (χ0) is 16.7. The van der Waals surface area contributed by atoms with Crippen molar-refractivity contribution in [2.45, 2.75) is 46.7 Å². The summed E-state index contributed by atoms with van der Waals surface area (Å²) in [6, 6.07) is -0.962. The van der Waals surface area contributed by atoms with Crippen LogP contribution in [-0.4, -0.2) is 47.4 Å². The molecular weight excluding hydrogens is 272 g/mol. The van der Waals surface area contributed by atoms with Crippen molar-refractivity contribution in [3.8, 4) is 0 Å². The average Bonchev–Trinajstić information content (AvgIpc) is 2.39. The molecule has 2 amide bonds. The molecule has 0 bridgehead atoms. The molecule has 0 fully saturated rings. The summed E-state index contributed by atoms with van der Waals surface area (Å²) in [5.41, 5.74) is 0.192. The monoisotopic (exact) mass is 298 g/mol. The summed E-state index contributed by atoms with van der Waals surface area (Å²) in [6.45, 7) is 9.01. The predicted octanol–water partition coefficient (Wildman–Crippen LogP) is 1.27. The van der Waals surface area contributed by atoms with Crippen LogP contribution in [0.15, 0.2) is 11.6 Å². The molecular formula is C15H26N2O4. The van der Waals surface area contributed by atoms with Gasteiger partial charge in [0.2, 0.25) is 12.3 Å². The third kappa shape index (κ3) is 5.57. The van der Waals surface area contributed by atoms with Gasteiger partial charge >= 0.3 is 5.97 Å². The number of likely N-dealkylation sites (N-methyl/N-ethyl adjacent to an activating group) is 1. The number of rotatable bonds is 8. The molecule has 0 aromatic rings. The van der Waals surface area contributed by atoms with Gasteiger partial charge < -0.3 is 15.3 Å². The minimum atomic E-state index is -1.01. The van der Waals surface area contributed by atoms with Gasteiger partial charge in [0, 0.05) is 12.6 Å². The van der Waals surface area contributed by atoms with E-state index in [0.717, 1.165) is 0 Å². The number of amides is 2. The van der Waals surface area contributed by atoms with Gasteiger partial charge in [-0.2, -0.15) is 0 Å². The predicted molar refractivity (Wildman–Crippen MR) is 80.6 cm³/mol. The van der Waals surface area contributed by atoms with E-state index in [4.69, 9.17) is 5.11 Å². The summed E-state index contributed by atoms with van der Waals surface area (Å²) in [5, 5.41) is 11.5. The molecule has 0 aliphatic heterocycles. The van der Waals surface area contributed by atoms with Crippen molar-refractivity contribution in [3.63, 3.8) is 0 Å². The van der Waals surface area contributed by atoms with Crippen LogP contribution >= 0.6 is 0 Å². The summed E-state index contributed by atoms with van der Waals surface area (Å²) >= 11 is 0. The molecule has 0 radical (unpaired) electrons. The first-order chi connectivity index (χ1) is 9.63. The van der Waals surface area contributed by atoms with Crippen LogP contribution < -0.4 is 5.32 Å². The lowest BCUT2D eigenvalue weighted by Crippen LogP contribution is -2.51. The molecule has 0 saturated heterocycles. The average molecular weight is 298 g/mol. The van der Waals surface area contributed by atoms with Crippen molar-refractivity contribution < 1.29 is 19.5 Å². The fourth-order valence-corrected chi connectivity index (χ4v) is 2.07. The van der Waals surface area contributed by atoms with Crippen molar-refractivity contribution >= 4 is 18.3 Å². The number of carboxylic acid groups (broad SMARTS) is 1. The first kappa shape index (κ1) is 19.1. The van der Waals surface area contributed by atoms with E-state index in [9.17, 15) is 14.4 Å². The summed E-state index contributed by atoms with van der Waals surface area (Å²) in [4.78, 5) is 35.6. The van der Waals surface area contributed by atoms with E-state index in [-0.39, 0.29) is 29.4 Å². The summed E-state index contributed by atoms with van der Waals surface area (Å²) in [7, 11) is 1.63. The standard InChI is InChI=1S/C15H26N2O4/c1-9(2)12(7-11(5)15(20)21)17(6)14(19)13(10(3)4)16-8-18/h7-10,12-13H,1-6H3,(H,16,18)(H,20,21)/b11-7+. The van der Waals surface area contributed by atoms with Gasteiger partial charge in [-0.1, -0.05) is 33.8 Å². The fraction of sp³-hybridized carbons (Fsp3) is 0.667. The van der Waals surface area contributed by atoms with Gasteiger partial charge in [0.25, 0.3) is 0 Å². The van der Waals surface area contributed by atoms with Gasteiger partial charge in [-0.25, -0.2) is 4.79 Å². The fourth-order valence-electron chi connectivity index (χ4n) is 2.07. The number of nitrogens with zero attached hydrogens (tertiary/aromatic N) is 1. The van der Waals surface area contributed by atoms with Crippen molar-refractivity contribution in [3.05, 3.63) is 11.6 Å². The van der Waals surface area contributed by atoms with Crippen molar-refractivity contribution in [1.82, 2.24) is 10.2 Å². The van der Waals surface area contributed by atoms with Crippen molar-refractivity contribution in [2.75, 3.05) is 7.05 Å². The second-order valence-electron chi connectivity index (χ2n) is 5.84. The Kier molecular flexibility index (Phi) is 7.70. The van der Waals surface area contributed by atoms with Gasteiger partial charge in [-0.05, 0) is 18.8 Å². The quantitative estimate of drug-likeness (QED) is 0.522. The smallest absolute Gasteiger partial charge is 0.331 e. The molecule has 6 nitrogen and oxygen atoms in total. The van der Waals surface area contributed by atoms with Crippen LogP contribution in [0.3, 0.4) is 0 Å². The Balaban J connectivity index is 5.34. The highest BCUT2D eigenvalue weighted by molar-refractivity contribution is 5.87. The van der Waals surface area contributed by atoms with Crippen LogP contribution in [0.2, 0.25) is 0 Å². The lowest BCUT2D eigenvalue weighted by atomic mass is 9.97. The highest BCUT2D eigenvalue weighted by Crippen LogP contribution is 2.16. The third-order valence-corrected chi connectivity index (χ3v) is 3.42. The van der Waals surface area contributed by atoms with Crippen LogP contribution in [0.5, 0.6) is 0 Å². The molecule has 2 atom stereocenters. The van der Waals surface area contributed by atoms with Gasteiger partial charge in [-0.15, -0.1) is 0 Å². The van der Waals surface area contributed by atoms with E-state index in [2.05, 4.69) is 5.32 Å². The van der Waals surface area contributed by atoms with Crippen LogP contribution in [0.25, 0.3) is 0 Å². The zero-order valence-corrected chi connectivity index (χ0v) is 13.6. The molecule has 21 heavy (non-hydrogen) atoms. The lowest BCUT2D eigenvalue weighted by Gasteiger charge is -2.33. The topological polar surface area (TPSA) is 86.7 Å². The second kappa shape index (κ2) is 8.44. The van der Waals surface area contributed by atoms with Gasteiger partial charge in [0.1, 0.15) is 6.04 Å². The number of carbonyl (C=O) groups is 3. The molecule has 2 N–H and O–H groups in total. The van der Waals surface area contributed by atoms with E-state index in [1.165, 1.54) is 11.8 Å². The Morgan fingerprint density at radius 3 is 2.00 bits per heavy atom. The van der Waals surface area contributed by atoms with Crippen molar-refractivity contribution in [1.29, 1.82) is 0 Å². The van der Waals surface area contributed by atoms with Crippen LogP contribution in [0, 0.1) is 11.8 Å². The van der Waals surface area contributed by atoms with E-state index < -0.39 is 12.0 Å². The highest BCUT2D eigenvalue weighted by Gasteiger charge is 2.29. The molecule has 0 spiro atoms. The highest BCUT2D eigenvalue weighted by atomic mass is 16.4. The lowest BCUT2D eigenvalue weighted by molar-refractivity contribution is -0.137. The number of carbonyl (C=O) groups excluding carboxylic acids is 2. The molecule has 6 heteroatoms. The molecule has 0 aromatic heterocycles. The van der Waals surface area contributed by atoms with Crippen LogP contribution in [0.1, 0.15) is 34.6 Å². The van der Waals surface area contributed by atoms with E-state index in [1.54, 1.807) is 13.1 Å². The maximum absolute atomic E-state index is 12.5. The van der Waals surface area contributed by atoms with Gasteiger partial charge in [0.05, 0.1) is 6.04 Å². The van der Waals surface area contributed by atoms with E-state index in [1.807, 2.05) is 27.7 Å². The Morgan fingerprint density at radius 1 is 1.14 bits per heavy atom. The summed E-state index contributed by atoms with van der Waals surface area (Å²) < 4.78 is 0. The number of hydrogen-bond acceptors (Lipinski definition) is 3. The zero-order valence-electron chi connectivity index (χ0n) is 13.6. The normalized spacial score (nSPS) is 14.8. The second-order valence-corrected chi connectivity index (χ2v) is 5.84.